The summed E-state index contributed by atoms with van der Waals surface area (Å²) >= 11 is 0. The van der Waals surface area contributed by atoms with Crippen molar-refractivity contribution < 1.29 is 9.53 Å². The topological polar surface area (TPSA) is 41.6 Å². The SMILES string of the molecule is C=C(C)CN(CC)C(=O)Nc1ccc(OCCCC)cc1. The summed E-state index contributed by atoms with van der Waals surface area (Å²) in [5.74, 6) is 0.829. The molecule has 0 spiro atoms. The maximum Gasteiger partial charge on any atom is 0.322 e. The molecule has 0 saturated heterocycles. The third kappa shape index (κ3) is 6.34. The van der Waals surface area contributed by atoms with Gasteiger partial charge in [-0.2, -0.15) is 0 Å². The van der Waals surface area contributed by atoms with E-state index >= 15 is 0 Å². The van der Waals surface area contributed by atoms with Gasteiger partial charge in [-0.25, -0.2) is 4.79 Å². The van der Waals surface area contributed by atoms with Gasteiger partial charge in [-0.1, -0.05) is 25.5 Å². The molecule has 0 radical (unpaired) electrons. The van der Waals surface area contributed by atoms with Crippen LogP contribution in [0.4, 0.5) is 10.5 Å². The predicted octanol–water partition coefficient (Wildman–Crippen LogP) is 4.30. The van der Waals surface area contributed by atoms with Gasteiger partial charge in [-0.05, 0) is 44.5 Å². The van der Waals surface area contributed by atoms with Gasteiger partial charge >= 0.3 is 6.03 Å². The van der Waals surface area contributed by atoms with Gasteiger partial charge in [0.05, 0.1) is 6.61 Å². The van der Waals surface area contributed by atoms with Crippen LogP contribution >= 0.6 is 0 Å². The fraction of sp³-hybridized carbons (Fsp3) is 0.471. The molecule has 21 heavy (non-hydrogen) atoms. The van der Waals surface area contributed by atoms with Crippen molar-refractivity contribution >= 4 is 11.7 Å². The van der Waals surface area contributed by atoms with E-state index in [-0.39, 0.29) is 6.03 Å². The summed E-state index contributed by atoms with van der Waals surface area (Å²) < 4.78 is 5.59. The quantitative estimate of drug-likeness (QED) is 0.573. The van der Waals surface area contributed by atoms with Crippen LogP contribution in [0.5, 0.6) is 5.75 Å². The number of likely N-dealkylation sites (N-methyl/N-ethyl adjacent to an activating group) is 1. The monoisotopic (exact) mass is 290 g/mol. The number of amides is 2. The molecule has 1 aromatic carbocycles. The lowest BCUT2D eigenvalue weighted by atomic mass is 10.3. The van der Waals surface area contributed by atoms with Crippen molar-refractivity contribution in [2.75, 3.05) is 25.0 Å². The highest BCUT2D eigenvalue weighted by Gasteiger charge is 2.11. The maximum absolute atomic E-state index is 12.1. The molecule has 4 nitrogen and oxygen atoms in total. The van der Waals surface area contributed by atoms with Crippen molar-refractivity contribution in [2.24, 2.45) is 0 Å². The molecule has 0 fully saturated rings. The van der Waals surface area contributed by atoms with Crippen LogP contribution in [-0.2, 0) is 0 Å². The Morgan fingerprint density at radius 3 is 2.48 bits per heavy atom. The van der Waals surface area contributed by atoms with E-state index in [1.165, 1.54) is 0 Å². The second-order valence-electron chi connectivity index (χ2n) is 5.13. The molecule has 4 heteroatoms. The average Bonchev–Trinajstić information content (AvgIpc) is 2.46. The van der Waals surface area contributed by atoms with E-state index in [0.29, 0.717) is 13.1 Å². The van der Waals surface area contributed by atoms with Gasteiger partial charge in [-0.15, -0.1) is 0 Å². The van der Waals surface area contributed by atoms with Crippen LogP contribution in [0.25, 0.3) is 0 Å². The first-order valence-electron chi connectivity index (χ1n) is 7.50. The largest absolute Gasteiger partial charge is 0.494 e. The molecule has 0 aliphatic heterocycles. The Morgan fingerprint density at radius 2 is 1.95 bits per heavy atom. The minimum Gasteiger partial charge on any atom is -0.494 e. The van der Waals surface area contributed by atoms with E-state index in [0.717, 1.165) is 36.5 Å². The number of hydrogen-bond acceptors (Lipinski definition) is 2. The number of carbonyl (C=O) groups excluding carboxylic acids is 1. The summed E-state index contributed by atoms with van der Waals surface area (Å²) in [6, 6.07) is 7.35. The number of nitrogens with one attached hydrogen (secondary N) is 1. The summed E-state index contributed by atoms with van der Waals surface area (Å²) in [7, 11) is 0. The summed E-state index contributed by atoms with van der Waals surface area (Å²) in [5, 5.41) is 2.88. The fourth-order valence-electron chi connectivity index (χ4n) is 1.82. The van der Waals surface area contributed by atoms with E-state index in [4.69, 9.17) is 4.74 Å². The van der Waals surface area contributed by atoms with Gasteiger partial charge in [0, 0.05) is 18.8 Å². The number of rotatable bonds is 8. The molecule has 1 aromatic rings. The Balaban J connectivity index is 2.54. The molecule has 2 amide bonds. The lowest BCUT2D eigenvalue weighted by Gasteiger charge is -2.21. The minimum atomic E-state index is -0.111. The lowest BCUT2D eigenvalue weighted by molar-refractivity contribution is 0.218. The number of hydrogen-bond donors (Lipinski definition) is 1. The molecular formula is C17H26N2O2. The van der Waals surface area contributed by atoms with Gasteiger partial charge in [0.15, 0.2) is 0 Å². The molecule has 0 aliphatic rings. The minimum absolute atomic E-state index is 0.111. The molecule has 1 N–H and O–H groups in total. The third-order valence-electron chi connectivity index (χ3n) is 3.00. The molecule has 0 bridgehead atoms. The number of ether oxygens (including phenoxy) is 1. The van der Waals surface area contributed by atoms with Gasteiger partial charge in [0.25, 0.3) is 0 Å². The molecule has 0 unspecified atom stereocenters. The highest BCUT2D eigenvalue weighted by Crippen LogP contribution is 2.16. The van der Waals surface area contributed by atoms with E-state index in [1.54, 1.807) is 4.90 Å². The Bertz CT molecular complexity index is 454. The van der Waals surface area contributed by atoms with Crippen LogP contribution in [0.15, 0.2) is 36.4 Å². The van der Waals surface area contributed by atoms with Gasteiger partial charge in [0.1, 0.15) is 5.75 Å². The normalized spacial score (nSPS) is 10.0. The first kappa shape index (κ1) is 17.1. The van der Waals surface area contributed by atoms with Crippen molar-refractivity contribution in [3.8, 4) is 5.75 Å². The zero-order valence-corrected chi connectivity index (χ0v) is 13.3. The van der Waals surface area contributed by atoms with E-state index in [1.807, 2.05) is 38.1 Å². The molecule has 0 aromatic heterocycles. The number of urea groups is 1. The van der Waals surface area contributed by atoms with Crippen molar-refractivity contribution in [1.82, 2.24) is 4.90 Å². The number of anilines is 1. The highest BCUT2D eigenvalue weighted by atomic mass is 16.5. The zero-order chi connectivity index (χ0) is 15.7. The molecule has 0 heterocycles. The lowest BCUT2D eigenvalue weighted by Crippen LogP contribution is -2.35. The van der Waals surface area contributed by atoms with Crippen LogP contribution in [0.2, 0.25) is 0 Å². The van der Waals surface area contributed by atoms with Gasteiger partial charge in [0.2, 0.25) is 0 Å². The Morgan fingerprint density at radius 1 is 1.29 bits per heavy atom. The molecule has 0 atom stereocenters. The fourth-order valence-corrected chi connectivity index (χ4v) is 1.82. The first-order chi connectivity index (χ1) is 10.1. The molecule has 0 aliphatic carbocycles. The Kier molecular flexibility index (Phi) is 7.37. The van der Waals surface area contributed by atoms with Gasteiger partial charge < -0.3 is 15.0 Å². The van der Waals surface area contributed by atoms with Crippen molar-refractivity contribution in [3.05, 3.63) is 36.4 Å². The zero-order valence-electron chi connectivity index (χ0n) is 13.3. The number of unbranched alkanes of at least 4 members (excludes halogenated alkanes) is 1. The molecule has 116 valence electrons. The standard InChI is InChI=1S/C17H26N2O2/c1-5-7-12-21-16-10-8-15(9-11-16)18-17(20)19(6-2)13-14(3)4/h8-11H,3,5-7,12-13H2,1-2,4H3,(H,18,20). The summed E-state index contributed by atoms with van der Waals surface area (Å²) in [6.45, 7) is 11.8. The van der Waals surface area contributed by atoms with E-state index < -0.39 is 0 Å². The summed E-state index contributed by atoms with van der Waals surface area (Å²) in [6.07, 6.45) is 2.16. The summed E-state index contributed by atoms with van der Waals surface area (Å²) in [5.41, 5.74) is 1.73. The van der Waals surface area contributed by atoms with Crippen molar-refractivity contribution in [2.45, 2.75) is 33.6 Å². The Labute approximate surface area is 127 Å². The Hall–Kier alpha value is -1.97. The van der Waals surface area contributed by atoms with E-state index in [2.05, 4.69) is 18.8 Å². The van der Waals surface area contributed by atoms with Crippen molar-refractivity contribution in [1.29, 1.82) is 0 Å². The summed E-state index contributed by atoms with van der Waals surface area (Å²) in [4.78, 5) is 13.8. The third-order valence-corrected chi connectivity index (χ3v) is 3.00. The average molecular weight is 290 g/mol. The second-order valence-corrected chi connectivity index (χ2v) is 5.13. The van der Waals surface area contributed by atoms with E-state index in [9.17, 15) is 4.79 Å². The number of benzene rings is 1. The first-order valence-corrected chi connectivity index (χ1v) is 7.50. The van der Waals surface area contributed by atoms with Crippen LogP contribution in [-0.4, -0.2) is 30.6 Å². The maximum atomic E-state index is 12.1. The van der Waals surface area contributed by atoms with Crippen LogP contribution in [0, 0.1) is 0 Å². The highest BCUT2D eigenvalue weighted by molar-refractivity contribution is 5.89. The molecule has 0 saturated carbocycles. The van der Waals surface area contributed by atoms with Crippen LogP contribution in [0.1, 0.15) is 33.6 Å². The number of nitrogens with zero attached hydrogens (tertiary/aromatic N) is 1. The second kappa shape index (κ2) is 9.06. The predicted molar refractivity (Wildman–Crippen MR) is 87.9 cm³/mol. The van der Waals surface area contributed by atoms with Crippen molar-refractivity contribution in [3.63, 3.8) is 0 Å². The van der Waals surface area contributed by atoms with Crippen LogP contribution in [0.3, 0.4) is 0 Å². The van der Waals surface area contributed by atoms with Gasteiger partial charge in [-0.3, -0.25) is 0 Å². The molecular weight excluding hydrogens is 264 g/mol. The number of carbonyl (C=O) groups is 1. The molecule has 1 rings (SSSR count). The van der Waals surface area contributed by atoms with Crippen LogP contribution < -0.4 is 10.1 Å². The smallest absolute Gasteiger partial charge is 0.322 e.